The molecule has 0 fully saturated rings. The molecule has 0 aliphatic heterocycles. The van der Waals surface area contributed by atoms with Gasteiger partial charge in [0.05, 0.1) is 5.52 Å². The minimum atomic E-state index is -0.529. The molecule has 15 heavy (non-hydrogen) atoms. The van der Waals surface area contributed by atoms with E-state index in [-0.39, 0.29) is 11.5 Å². The number of para-hydroxylation sites is 1. The Morgan fingerprint density at radius 3 is 2.87 bits per heavy atom. The Bertz CT molecular complexity index is 599. The maximum Gasteiger partial charge on any atom is 0.346 e. The molecule has 0 saturated heterocycles. The standard InChI is InChI=1S/C11H8N2O2/c1-2-9(14)10-7-5-3-4-6-8(7)12-11(15)13-10/h2-6H,1H2,(H,12,13,15). The number of carbonyl (C=O) groups is 1. The zero-order valence-electron chi connectivity index (χ0n) is 7.86. The Balaban J connectivity index is 2.88. The highest BCUT2D eigenvalue weighted by molar-refractivity contribution is 6.10. The minimum absolute atomic E-state index is 0.143. The summed E-state index contributed by atoms with van der Waals surface area (Å²) < 4.78 is 0. The van der Waals surface area contributed by atoms with Crippen molar-refractivity contribution in [3.8, 4) is 0 Å². The van der Waals surface area contributed by atoms with E-state index in [2.05, 4.69) is 16.5 Å². The molecule has 1 aromatic carbocycles. The van der Waals surface area contributed by atoms with Crippen LogP contribution in [-0.4, -0.2) is 15.8 Å². The van der Waals surface area contributed by atoms with Crippen LogP contribution in [0.3, 0.4) is 0 Å². The molecule has 0 amide bonds. The smallest absolute Gasteiger partial charge is 0.305 e. The first-order valence-corrected chi connectivity index (χ1v) is 4.38. The maximum absolute atomic E-state index is 11.4. The van der Waals surface area contributed by atoms with Crippen molar-refractivity contribution in [3.63, 3.8) is 0 Å². The van der Waals surface area contributed by atoms with Crippen molar-refractivity contribution < 1.29 is 4.79 Å². The van der Waals surface area contributed by atoms with Crippen LogP contribution in [-0.2, 0) is 0 Å². The van der Waals surface area contributed by atoms with E-state index in [9.17, 15) is 9.59 Å². The van der Waals surface area contributed by atoms with E-state index in [1.165, 1.54) is 0 Å². The summed E-state index contributed by atoms with van der Waals surface area (Å²) in [5, 5.41) is 0.627. The molecule has 4 nitrogen and oxygen atoms in total. The first kappa shape index (κ1) is 9.33. The van der Waals surface area contributed by atoms with E-state index >= 15 is 0 Å². The fourth-order valence-electron chi connectivity index (χ4n) is 1.39. The molecule has 1 aromatic heterocycles. The van der Waals surface area contributed by atoms with E-state index in [0.717, 1.165) is 6.08 Å². The van der Waals surface area contributed by atoms with Gasteiger partial charge >= 0.3 is 5.69 Å². The minimum Gasteiger partial charge on any atom is -0.305 e. The van der Waals surface area contributed by atoms with Crippen molar-refractivity contribution in [1.29, 1.82) is 0 Å². The number of nitrogens with zero attached hydrogens (tertiary/aromatic N) is 1. The lowest BCUT2D eigenvalue weighted by Crippen LogP contribution is -2.15. The second-order valence-electron chi connectivity index (χ2n) is 3.00. The van der Waals surface area contributed by atoms with Crippen LogP contribution in [0.2, 0.25) is 0 Å². The molecule has 2 aromatic rings. The number of hydrogen-bond donors (Lipinski definition) is 1. The Morgan fingerprint density at radius 1 is 1.40 bits per heavy atom. The number of carbonyl (C=O) groups excluding carboxylic acids is 1. The molecular formula is C11H8N2O2. The van der Waals surface area contributed by atoms with Gasteiger partial charge in [-0.3, -0.25) is 4.79 Å². The molecule has 0 spiro atoms. The van der Waals surface area contributed by atoms with Gasteiger partial charge in [0.15, 0.2) is 0 Å². The molecule has 0 saturated carbocycles. The van der Waals surface area contributed by atoms with E-state index in [1.54, 1.807) is 24.3 Å². The monoisotopic (exact) mass is 200 g/mol. The van der Waals surface area contributed by atoms with Gasteiger partial charge in [0, 0.05) is 5.39 Å². The summed E-state index contributed by atoms with van der Waals surface area (Å²) in [6.07, 6.45) is 1.15. The van der Waals surface area contributed by atoms with Gasteiger partial charge in [0.25, 0.3) is 0 Å². The number of benzene rings is 1. The van der Waals surface area contributed by atoms with E-state index in [0.29, 0.717) is 10.9 Å². The molecular weight excluding hydrogens is 192 g/mol. The fraction of sp³-hybridized carbons (Fsp3) is 0. The highest BCUT2D eigenvalue weighted by Crippen LogP contribution is 2.13. The summed E-state index contributed by atoms with van der Waals surface area (Å²) in [5.41, 5.74) is 0.214. The average Bonchev–Trinajstić information content (AvgIpc) is 2.26. The zero-order valence-corrected chi connectivity index (χ0v) is 7.86. The van der Waals surface area contributed by atoms with Crippen molar-refractivity contribution in [3.05, 3.63) is 53.1 Å². The number of allylic oxidation sites excluding steroid dienone is 1. The van der Waals surface area contributed by atoms with Crippen LogP contribution < -0.4 is 5.69 Å². The van der Waals surface area contributed by atoms with Crippen LogP contribution in [0.5, 0.6) is 0 Å². The molecule has 0 atom stereocenters. The first-order chi connectivity index (χ1) is 7.22. The van der Waals surface area contributed by atoms with Crippen LogP contribution in [0.25, 0.3) is 10.9 Å². The first-order valence-electron chi connectivity index (χ1n) is 4.38. The topological polar surface area (TPSA) is 62.8 Å². The molecule has 4 heteroatoms. The van der Waals surface area contributed by atoms with Crippen molar-refractivity contribution in [2.24, 2.45) is 0 Å². The number of aromatic nitrogens is 2. The summed E-state index contributed by atoms with van der Waals surface area (Å²) in [7, 11) is 0. The van der Waals surface area contributed by atoms with Crippen LogP contribution in [0.1, 0.15) is 10.5 Å². The Kier molecular flexibility index (Phi) is 2.17. The lowest BCUT2D eigenvalue weighted by Gasteiger charge is -2.00. The van der Waals surface area contributed by atoms with Gasteiger partial charge in [-0.15, -0.1) is 0 Å². The summed E-state index contributed by atoms with van der Waals surface area (Å²) in [6, 6.07) is 7.01. The predicted octanol–water partition coefficient (Wildman–Crippen LogP) is 1.29. The van der Waals surface area contributed by atoms with Gasteiger partial charge in [0.2, 0.25) is 5.78 Å². The highest BCUT2D eigenvalue weighted by Gasteiger charge is 2.09. The number of nitrogens with one attached hydrogen (secondary N) is 1. The van der Waals surface area contributed by atoms with Gasteiger partial charge in [0.1, 0.15) is 5.69 Å². The zero-order chi connectivity index (χ0) is 10.8. The summed E-state index contributed by atoms with van der Waals surface area (Å²) in [5.74, 6) is -0.350. The van der Waals surface area contributed by atoms with Crippen molar-refractivity contribution in [2.45, 2.75) is 0 Å². The second kappa shape index (κ2) is 3.49. The molecule has 0 unspecified atom stereocenters. The fourth-order valence-corrected chi connectivity index (χ4v) is 1.39. The SMILES string of the molecule is C=CC(=O)c1nc(=O)[nH]c2ccccc12. The van der Waals surface area contributed by atoms with Crippen LogP contribution >= 0.6 is 0 Å². The molecule has 74 valence electrons. The van der Waals surface area contributed by atoms with Gasteiger partial charge in [-0.2, -0.15) is 4.98 Å². The van der Waals surface area contributed by atoms with Gasteiger partial charge in [-0.25, -0.2) is 4.79 Å². The summed E-state index contributed by atoms with van der Waals surface area (Å²) >= 11 is 0. The Labute approximate surface area is 85.3 Å². The number of rotatable bonds is 2. The molecule has 0 aliphatic rings. The van der Waals surface area contributed by atoms with Crippen molar-refractivity contribution in [2.75, 3.05) is 0 Å². The van der Waals surface area contributed by atoms with E-state index in [4.69, 9.17) is 0 Å². The highest BCUT2D eigenvalue weighted by atomic mass is 16.1. The van der Waals surface area contributed by atoms with Crippen LogP contribution in [0.15, 0.2) is 41.7 Å². The van der Waals surface area contributed by atoms with Gasteiger partial charge in [-0.1, -0.05) is 24.8 Å². The third kappa shape index (κ3) is 1.57. The quantitative estimate of drug-likeness (QED) is 0.587. The van der Waals surface area contributed by atoms with Crippen LogP contribution in [0, 0.1) is 0 Å². The third-order valence-corrected chi connectivity index (χ3v) is 2.06. The lowest BCUT2D eigenvalue weighted by atomic mass is 10.1. The summed E-state index contributed by atoms with van der Waals surface area (Å²) in [4.78, 5) is 28.8. The largest absolute Gasteiger partial charge is 0.346 e. The number of hydrogen-bond acceptors (Lipinski definition) is 3. The molecule has 1 N–H and O–H groups in total. The molecule has 0 aliphatic carbocycles. The van der Waals surface area contributed by atoms with E-state index < -0.39 is 5.69 Å². The maximum atomic E-state index is 11.4. The number of fused-ring (bicyclic) bond motifs is 1. The number of H-pyrrole nitrogens is 1. The predicted molar refractivity (Wildman–Crippen MR) is 56.9 cm³/mol. The van der Waals surface area contributed by atoms with Gasteiger partial charge < -0.3 is 4.98 Å². The molecule has 0 radical (unpaired) electrons. The Hall–Kier alpha value is -2.23. The molecule has 2 rings (SSSR count). The summed E-state index contributed by atoms with van der Waals surface area (Å²) in [6.45, 7) is 3.37. The average molecular weight is 200 g/mol. The number of ketones is 1. The molecule has 0 bridgehead atoms. The van der Waals surface area contributed by atoms with Crippen molar-refractivity contribution in [1.82, 2.24) is 9.97 Å². The van der Waals surface area contributed by atoms with Crippen LogP contribution in [0.4, 0.5) is 0 Å². The third-order valence-electron chi connectivity index (χ3n) is 2.06. The van der Waals surface area contributed by atoms with E-state index in [1.807, 2.05) is 0 Å². The lowest BCUT2D eigenvalue weighted by molar-refractivity contribution is 0.104. The van der Waals surface area contributed by atoms with Crippen molar-refractivity contribution >= 4 is 16.7 Å². The van der Waals surface area contributed by atoms with Gasteiger partial charge in [-0.05, 0) is 12.1 Å². The second-order valence-corrected chi connectivity index (χ2v) is 3.00. The normalized spacial score (nSPS) is 10.1. The Morgan fingerprint density at radius 2 is 2.13 bits per heavy atom. The number of aromatic amines is 1. The molecule has 1 heterocycles.